The van der Waals surface area contributed by atoms with Crippen molar-refractivity contribution in [2.45, 2.75) is 13.0 Å². The largest absolute Gasteiger partial charge is 0.337 e. The van der Waals surface area contributed by atoms with Crippen LogP contribution in [0.3, 0.4) is 0 Å². The van der Waals surface area contributed by atoms with Gasteiger partial charge in [0, 0.05) is 42.1 Å². The van der Waals surface area contributed by atoms with Gasteiger partial charge >= 0.3 is 0 Å². The van der Waals surface area contributed by atoms with Crippen molar-refractivity contribution in [3.63, 3.8) is 0 Å². The molecule has 0 spiro atoms. The summed E-state index contributed by atoms with van der Waals surface area (Å²) in [5.74, 6) is 0.151. The molecule has 2 aromatic heterocycles. The zero-order valence-corrected chi connectivity index (χ0v) is 17.2. The summed E-state index contributed by atoms with van der Waals surface area (Å²) in [6.07, 6.45) is 0.959. The molecule has 0 unspecified atom stereocenters. The molecule has 1 aliphatic rings. The Labute approximate surface area is 173 Å². The van der Waals surface area contributed by atoms with Crippen molar-refractivity contribution >= 4 is 50.4 Å². The SMILES string of the molecule is Cl.N#Cc1ccccc1CN1CCCN(C(=O)c2cc3sccc3s2)CC1. The number of carbonyl (C=O) groups excluding carboxylic acids is 1. The van der Waals surface area contributed by atoms with Gasteiger partial charge in [-0.25, -0.2) is 0 Å². The van der Waals surface area contributed by atoms with Gasteiger partial charge in [0.2, 0.25) is 0 Å². The molecule has 0 radical (unpaired) electrons. The second kappa shape index (κ2) is 8.85. The zero-order valence-electron chi connectivity index (χ0n) is 14.8. The number of benzene rings is 1. The number of fused-ring (bicyclic) bond motifs is 1. The molecule has 1 saturated heterocycles. The lowest BCUT2D eigenvalue weighted by atomic mass is 10.1. The minimum absolute atomic E-state index is 0. The smallest absolute Gasteiger partial charge is 0.264 e. The van der Waals surface area contributed by atoms with Gasteiger partial charge in [0.15, 0.2) is 0 Å². The highest BCUT2D eigenvalue weighted by Gasteiger charge is 2.22. The Balaban J connectivity index is 0.00000210. The average molecular weight is 418 g/mol. The van der Waals surface area contributed by atoms with E-state index in [2.05, 4.69) is 22.4 Å². The third-order valence-corrected chi connectivity index (χ3v) is 6.84. The third-order valence-electron chi connectivity index (χ3n) is 4.76. The van der Waals surface area contributed by atoms with Gasteiger partial charge in [-0.15, -0.1) is 35.1 Å². The number of carbonyl (C=O) groups is 1. The van der Waals surface area contributed by atoms with Gasteiger partial charge in [0.25, 0.3) is 5.91 Å². The second-order valence-electron chi connectivity index (χ2n) is 6.45. The van der Waals surface area contributed by atoms with Crippen LogP contribution >= 0.6 is 35.1 Å². The Kier molecular flexibility index (Phi) is 6.51. The molecular weight excluding hydrogens is 398 g/mol. The number of thiophene rings is 2. The minimum atomic E-state index is 0. The number of nitriles is 1. The number of amides is 1. The van der Waals surface area contributed by atoms with E-state index >= 15 is 0 Å². The monoisotopic (exact) mass is 417 g/mol. The standard InChI is InChI=1S/C20H19N3OS2.ClH/c21-13-15-4-1-2-5-16(15)14-22-7-3-8-23(10-9-22)20(24)19-12-18-17(26-19)6-11-25-18;/h1-2,4-6,11-12H,3,7-10,14H2;1H. The summed E-state index contributed by atoms with van der Waals surface area (Å²) in [6.45, 7) is 4.08. The molecule has 4 nitrogen and oxygen atoms in total. The summed E-state index contributed by atoms with van der Waals surface area (Å²) < 4.78 is 2.39. The van der Waals surface area contributed by atoms with Gasteiger partial charge in [0.1, 0.15) is 0 Å². The van der Waals surface area contributed by atoms with Gasteiger partial charge in [-0.05, 0) is 35.6 Å². The Morgan fingerprint density at radius 1 is 1.11 bits per heavy atom. The van der Waals surface area contributed by atoms with E-state index in [1.165, 1.54) is 9.40 Å². The average Bonchev–Trinajstić information content (AvgIpc) is 3.18. The molecule has 4 rings (SSSR count). The number of hydrogen-bond acceptors (Lipinski definition) is 5. The summed E-state index contributed by atoms with van der Waals surface area (Å²) in [6, 6.07) is 14.1. The number of hydrogen-bond donors (Lipinski definition) is 0. The predicted molar refractivity (Wildman–Crippen MR) is 114 cm³/mol. The predicted octanol–water partition coefficient (Wildman–Crippen LogP) is 4.60. The van der Waals surface area contributed by atoms with E-state index in [9.17, 15) is 10.1 Å². The van der Waals surface area contributed by atoms with Crippen LogP contribution in [0.2, 0.25) is 0 Å². The maximum atomic E-state index is 12.9. The van der Waals surface area contributed by atoms with Crippen LogP contribution in [0.1, 0.15) is 27.2 Å². The van der Waals surface area contributed by atoms with E-state index in [1.807, 2.05) is 35.2 Å². The van der Waals surface area contributed by atoms with Crippen molar-refractivity contribution < 1.29 is 4.79 Å². The molecule has 27 heavy (non-hydrogen) atoms. The fourth-order valence-corrected chi connectivity index (χ4v) is 5.44. The van der Waals surface area contributed by atoms with Crippen LogP contribution in [0.5, 0.6) is 0 Å². The zero-order chi connectivity index (χ0) is 17.9. The number of nitrogens with zero attached hydrogens (tertiary/aromatic N) is 3. The molecule has 140 valence electrons. The third kappa shape index (κ3) is 4.33. The van der Waals surface area contributed by atoms with Gasteiger partial charge in [-0.1, -0.05) is 18.2 Å². The topological polar surface area (TPSA) is 47.3 Å². The molecule has 3 aromatic rings. The van der Waals surface area contributed by atoms with Gasteiger partial charge in [-0.2, -0.15) is 5.26 Å². The van der Waals surface area contributed by atoms with E-state index in [0.717, 1.165) is 55.1 Å². The van der Waals surface area contributed by atoms with E-state index in [0.29, 0.717) is 0 Å². The summed E-state index contributed by atoms with van der Waals surface area (Å²) in [5, 5.41) is 11.3. The molecule has 1 aliphatic heterocycles. The van der Waals surface area contributed by atoms with Crippen LogP contribution in [-0.4, -0.2) is 41.9 Å². The van der Waals surface area contributed by atoms with E-state index < -0.39 is 0 Å². The van der Waals surface area contributed by atoms with Crippen molar-refractivity contribution in [3.8, 4) is 6.07 Å². The molecule has 3 heterocycles. The maximum absolute atomic E-state index is 12.9. The Hall–Kier alpha value is -1.91. The van der Waals surface area contributed by atoms with Crippen molar-refractivity contribution in [3.05, 3.63) is 57.8 Å². The quantitative estimate of drug-likeness (QED) is 0.625. The molecule has 0 atom stereocenters. The summed E-state index contributed by atoms with van der Waals surface area (Å²) in [4.78, 5) is 18.0. The molecule has 1 amide bonds. The lowest BCUT2D eigenvalue weighted by Crippen LogP contribution is -2.34. The maximum Gasteiger partial charge on any atom is 0.264 e. The number of rotatable bonds is 3. The molecule has 1 aromatic carbocycles. The molecular formula is C20H20ClN3OS2. The Morgan fingerprint density at radius 3 is 2.78 bits per heavy atom. The summed E-state index contributed by atoms with van der Waals surface area (Å²) in [7, 11) is 0. The van der Waals surface area contributed by atoms with Crippen molar-refractivity contribution in [2.75, 3.05) is 26.2 Å². The lowest BCUT2D eigenvalue weighted by molar-refractivity contribution is 0.0766. The molecule has 1 fully saturated rings. The number of halogens is 1. The highest BCUT2D eigenvalue weighted by atomic mass is 35.5. The van der Waals surface area contributed by atoms with E-state index in [-0.39, 0.29) is 18.3 Å². The van der Waals surface area contributed by atoms with Crippen LogP contribution in [0.25, 0.3) is 9.40 Å². The van der Waals surface area contributed by atoms with Crippen LogP contribution in [0.15, 0.2) is 41.8 Å². The highest BCUT2D eigenvalue weighted by Crippen LogP contribution is 2.30. The Bertz CT molecular complexity index is 946. The molecule has 0 bridgehead atoms. The van der Waals surface area contributed by atoms with E-state index in [4.69, 9.17) is 0 Å². The van der Waals surface area contributed by atoms with Gasteiger partial charge in [0.05, 0.1) is 16.5 Å². The highest BCUT2D eigenvalue weighted by molar-refractivity contribution is 7.27. The fraction of sp³-hybridized carbons (Fsp3) is 0.300. The first-order valence-electron chi connectivity index (χ1n) is 8.71. The molecule has 7 heteroatoms. The fourth-order valence-electron chi connectivity index (χ4n) is 3.37. The van der Waals surface area contributed by atoms with Crippen LogP contribution in [0.4, 0.5) is 0 Å². The summed E-state index contributed by atoms with van der Waals surface area (Å²) in [5.41, 5.74) is 1.80. The first-order valence-corrected chi connectivity index (χ1v) is 10.4. The molecule has 0 N–H and O–H groups in total. The van der Waals surface area contributed by atoms with Crippen molar-refractivity contribution in [2.24, 2.45) is 0 Å². The normalized spacial score (nSPS) is 15.1. The summed E-state index contributed by atoms with van der Waals surface area (Å²) >= 11 is 3.28. The van der Waals surface area contributed by atoms with E-state index in [1.54, 1.807) is 22.7 Å². The molecule has 0 aliphatic carbocycles. The van der Waals surface area contributed by atoms with Crippen LogP contribution in [0, 0.1) is 11.3 Å². The van der Waals surface area contributed by atoms with Gasteiger partial charge < -0.3 is 4.90 Å². The first-order chi connectivity index (χ1) is 12.7. The Morgan fingerprint density at radius 2 is 1.96 bits per heavy atom. The van der Waals surface area contributed by atoms with Crippen molar-refractivity contribution in [1.82, 2.24) is 9.80 Å². The van der Waals surface area contributed by atoms with Crippen molar-refractivity contribution in [1.29, 1.82) is 5.26 Å². The minimum Gasteiger partial charge on any atom is -0.337 e. The first kappa shape index (κ1) is 19.8. The molecule has 0 saturated carbocycles. The van der Waals surface area contributed by atoms with Crippen LogP contribution < -0.4 is 0 Å². The van der Waals surface area contributed by atoms with Crippen LogP contribution in [-0.2, 0) is 6.54 Å². The second-order valence-corrected chi connectivity index (χ2v) is 8.48. The van der Waals surface area contributed by atoms with Gasteiger partial charge in [-0.3, -0.25) is 9.69 Å². The lowest BCUT2D eigenvalue weighted by Gasteiger charge is -2.22.